The van der Waals surface area contributed by atoms with Crippen molar-refractivity contribution in [2.75, 3.05) is 158 Å². The largest absolute Gasteiger partial charge is 0.397 e. The molecule has 48 heteroatoms. The second-order valence-corrected chi connectivity index (χ2v) is 69.3. The van der Waals surface area contributed by atoms with Gasteiger partial charge in [0.1, 0.15) is 104 Å². The zero-order valence-electron chi connectivity index (χ0n) is 83.2. The lowest BCUT2D eigenvalue weighted by molar-refractivity contribution is -0.172. The summed E-state index contributed by atoms with van der Waals surface area (Å²) in [4.78, 5) is 51.3. The lowest BCUT2D eigenvalue weighted by atomic mass is 9.95. The van der Waals surface area contributed by atoms with Crippen molar-refractivity contribution in [1.29, 1.82) is 0 Å². The van der Waals surface area contributed by atoms with E-state index < -0.39 is 180 Å². The second kappa shape index (κ2) is 42.3. The van der Waals surface area contributed by atoms with Crippen LogP contribution in [0.1, 0.15) is 96.7 Å². The third kappa shape index (κ3) is 23.8. The Morgan fingerprint density at radius 1 is 0.359 bits per heavy atom. The van der Waals surface area contributed by atoms with Crippen LogP contribution in [0.15, 0.2) is 112 Å². The summed E-state index contributed by atoms with van der Waals surface area (Å²) in [6, 6.07) is 10.1. The van der Waals surface area contributed by atoms with Crippen molar-refractivity contribution in [2.45, 2.75) is 204 Å². The van der Waals surface area contributed by atoms with Crippen molar-refractivity contribution in [3.05, 3.63) is 112 Å². The third-order valence-electron chi connectivity index (χ3n) is 26.7. The Morgan fingerprint density at radius 2 is 0.648 bits per heavy atom. The molecule has 778 valence electrons. The molecule has 0 aliphatic carbocycles. The van der Waals surface area contributed by atoms with Crippen LogP contribution < -0.4 is 34.4 Å². The van der Waals surface area contributed by atoms with Gasteiger partial charge in [0.15, 0.2) is 77.4 Å². The minimum absolute atomic E-state index is 0.304. The van der Waals surface area contributed by atoms with E-state index in [0.717, 1.165) is 49.8 Å². The highest BCUT2D eigenvalue weighted by Gasteiger charge is 2.62. The molecule has 40 nitrogen and oxygen atoms in total. The van der Waals surface area contributed by atoms with Crippen LogP contribution in [0.25, 0.3) is 67.0 Å². The van der Waals surface area contributed by atoms with Gasteiger partial charge in [-0.2, -0.15) is 0 Å². The number of ether oxygens (including phenoxy) is 7. The fourth-order valence-corrected chi connectivity index (χ4v) is 24.4. The van der Waals surface area contributed by atoms with Crippen molar-refractivity contribution in [3.8, 4) is 0 Å². The summed E-state index contributed by atoms with van der Waals surface area (Å²) in [5, 5.41) is 94.6. The molecule has 19 heterocycles. The van der Waals surface area contributed by atoms with Gasteiger partial charge < -0.3 is 114 Å². The molecule has 7 saturated heterocycles. The molecule has 12 aromatic heterocycles. The number of aromatic nitrogens is 18. The third-order valence-corrected chi connectivity index (χ3v) is 35.9. The summed E-state index contributed by atoms with van der Waals surface area (Å²) in [7, 11) is 0. The van der Waals surface area contributed by atoms with E-state index >= 15 is 0 Å². The van der Waals surface area contributed by atoms with E-state index in [1.54, 1.807) is 137 Å². The Morgan fingerprint density at radius 3 is 0.993 bits per heavy atom. The van der Waals surface area contributed by atoms with Crippen molar-refractivity contribution in [1.82, 2.24) is 87.2 Å². The highest BCUT2D eigenvalue weighted by molar-refractivity contribution is 7.73. The molecule has 0 saturated carbocycles. The normalized spacial score (nSPS) is 30.5. The summed E-state index contributed by atoms with van der Waals surface area (Å²) in [5.41, 5.74) is 40.9. The van der Waals surface area contributed by atoms with Gasteiger partial charge in [-0.1, -0.05) is 0 Å². The Kier molecular flexibility index (Phi) is 32.6. The van der Waals surface area contributed by atoms with Crippen LogP contribution in [0.5, 0.6) is 0 Å². The molecule has 7 fully saturated rings. The Balaban J connectivity index is 0.000000135. The first-order valence-corrected chi connectivity index (χ1v) is 65.5. The minimum atomic E-state index is -1.54. The number of pyridine rings is 6. The number of rotatable bonds is 24. The average molecular weight is 2100 g/mol. The van der Waals surface area contributed by atoms with Crippen molar-refractivity contribution in [2.24, 2.45) is 0 Å². The van der Waals surface area contributed by atoms with Gasteiger partial charge in [-0.15, -0.1) is 90.7 Å². The number of aliphatic hydroxyl groups excluding tert-OH is 7. The number of hydrogen-bond donors (Lipinski definition) is 15. The van der Waals surface area contributed by atoms with Crippen LogP contribution in [0, 0.1) is 0 Å². The standard InChI is InChI=1S/C16H23N4O3P.3C16H25N4O3P.C15H22ClN4O2P.C15H22FN4O2P/c1-24(2,3)7-5-16-8-22-12(13(16)21)15(23-16)20-9-19-11-10(17)4-6-18-14(11)20;1-16(6-8-24(2,3)4)13(22)12(21)15(23-16)20-9-19-11-10(17)5-7-18-14(11)20;2*1-16(22)13(21)11(6-8-24(2,3)4)23-15(16)20-9-19-12-10(17)5-7-18-14(12)20;2*1-23(2,3)7-5-10-13(21)11(16)15(22-10)20-8-19-12-9(17)4-6-18-14(12)20/h4,6,9,12-13,15,21H,1,5,7-8H2,2-3H3,(H2,17,18);5,7,9,12-13,15,21-22H,2,6,8H2,1,3-4H3,(H2,17,18);2*5,7,9,11,13,15,21-22H,2,6,8H2,1,3-4H3,(H2,17,18);2*4,6,8,10-11,13,15,21H,1,5,7H2,2-3H3,(H2,17,18)/t12-,13+,15?,16+;12-,13+,15?,16-;11-,13-,15?,16+;11-,13-,15?,16-;2*10-,11-,13-,15?/m111111/s1. The van der Waals surface area contributed by atoms with Crippen LogP contribution in [0.4, 0.5) is 38.5 Å². The number of alkyl halides is 2. The number of fused-ring (bicyclic) bond motifs is 8. The van der Waals surface area contributed by atoms with Gasteiger partial charge in [0.05, 0.1) is 109 Å². The molecule has 2 bridgehead atoms. The first-order chi connectivity index (χ1) is 66.2. The molecule has 6 unspecified atom stereocenters. The lowest BCUT2D eigenvalue weighted by Gasteiger charge is -2.32. The molecule has 21 N–H and O–H groups in total. The van der Waals surface area contributed by atoms with Crippen LogP contribution in [-0.4, -0.2) is 402 Å². The highest BCUT2D eigenvalue weighted by Crippen LogP contribution is 2.53. The number of nitrogens with two attached hydrogens (primary N) is 6. The molecule has 7 aliphatic rings. The second-order valence-electron chi connectivity index (χ2n) is 42.9. The molecule has 19 rings (SSSR count). The van der Waals surface area contributed by atoms with E-state index in [9.17, 15) is 50.3 Å². The first-order valence-electron chi connectivity index (χ1n) is 46.8. The Labute approximate surface area is 831 Å². The quantitative estimate of drug-likeness (QED) is 0.0200. The maximum atomic E-state index is 14.6. The predicted octanol–water partition coefficient (Wildman–Crippen LogP) is 8.19. The molecule has 0 amide bonds. The summed E-state index contributed by atoms with van der Waals surface area (Å²) < 4.78 is 66.6. The van der Waals surface area contributed by atoms with E-state index in [2.05, 4.69) is 178 Å². The van der Waals surface area contributed by atoms with Gasteiger partial charge in [0.25, 0.3) is 0 Å². The number of imidazole rings is 6. The predicted molar refractivity (Wildman–Crippen MR) is 578 cm³/mol. The number of nitrogens with zero attached hydrogens (tertiary/aromatic N) is 18. The van der Waals surface area contributed by atoms with Gasteiger partial charge in [-0.25, -0.2) is 64.2 Å². The maximum Gasteiger partial charge on any atom is 0.173 e. The van der Waals surface area contributed by atoms with E-state index in [-0.39, 0.29) is 6.10 Å². The van der Waals surface area contributed by atoms with Crippen molar-refractivity contribution >= 4 is 192 Å². The minimum Gasteiger partial charge on any atom is -0.397 e. The molecule has 12 aromatic rings. The molecular formula is C94H142ClFN24O16P6. The average Bonchev–Trinajstić information content (AvgIpc) is 1.57. The van der Waals surface area contributed by atoms with Gasteiger partial charge in [-0.05, 0) is 213 Å². The molecule has 0 aromatic carbocycles. The lowest BCUT2D eigenvalue weighted by Crippen LogP contribution is -2.43. The maximum absolute atomic E-state index is 14.6. The molecular weight excluding hydrogens is 1960 g/mol. The number of nitrogen functional groups attached to an aromatic ring is 6. The Bertz CT molecular complexity index is 6470. The fourth-order valence-electron chi connectivity index (χ4n) is 18.2. The van der Waals surface area contributed by atoms with Crippen molar-refractivity contribution in [3.63, 3.8) is 0 Å². The van der Waals surface area contributed by atoms with Gasteiger partial charge in [-0.3, -0.25) is 27.4 Å². The van der Waals surface area contributed by atoms with E-state index in [1.807, 2.05) is 11.5 Å². The zero-order valence-corrected chi connectivity index (χ0v) is 89.3. The topological polar surface area (TPSA) is 587 Å². The van der Waals surface area contributed by atoms with Gasteiger partial charge in [0.2, 0.25) is 0 Å². The van der Waals surface area contributed by atoms with E-state index in [1.165, 1.54) is 10.9 Å². The number of hydrogen-bond acceptors (Lipinski definition) is 34. The smallest absolute Gasteiger partial charge is 0.173 e. The fraction of sp³-hybridized carbons (Fsp3) is 0.553. The number of anilines is 6. The highest BCUT2D eigenvalue weighted by atomic mass is 35.5. The Hall–Kier alpha value is -8.10. The monoisotopic (exact) mass is 2100 g/mol. The summed E-state index contributed by atoms with van der Waals surface area (Å²) >= 11 is 6.42. The first kappa shape index (κ1) is 110. The van der Waals surface area contributed by atoms with E-state index in [4.69, 9.17) is 79.2 Å². The molecule has 0 radical (unpaired) electrons. The van der Waals surface area contributed by atoms with E-state index in [0.29, 0.717) is 133 Å². The number of aliphatic hydroxyl groups is 9. The SMILES string of the molecule is C=P(C)(C)CC[C@@]1(C)OC(n2cnc3c(N)ccnc32)[C@H](O)[C@@H]1O.C=P(C)(C)CC[C@@]12CO[C@@H](C(n3cnc4c(N)ccnc43)O1)[C@@H]2O.C=P(C)(C)CC[C@H]1OC(n2cnc3c(N)ccnc32)[C@@](C)(O)[C@@H]1O.C=P(C)(C)CC[C@H]1OC(n2cnc3c(N)ccnc32)[C@H](Cl)[C@@H]1O.C=P(C)(C)CC[C@H]1OC(n2cnc3c(N)ccnc32)[C@H](F)[C@@H]1O.C=P(C)(C)CC[C@H]1OC(n2cnc3c(N)ccnc32)[C@](C)(O)[C@@H]1O. The summed E-state index contributed by atoms with van der Waals surface area (Å²) in [6.07, 6.45) is 38.9. The molecule has 142 heavy (non-hydrogen) atoms. The van der Waals surface area contributed by atoms with Gasteiger partial charge >= 0.3 is 0 Å². The molecule has 7 aliphatic heterocycles. The van der Waals surface area contributed by atoms with Crippen LogP contribution in [0.2, 0.25) is 0 Å². The van der Waals surface area contributed by atoms with Crippen LogP contribution in [-0.2, 0) is 33.2 Å². The zero-order chi connectivity index (χ0) is 104. The molecule has 24 atom stereocenters. The summed E-state index contributed by atoms with van der Waals surface area (Å²) in [5.74, 6) is 0. The van der Waals surface area contributed by atoms with Crippen LogP contribution >= 0.6 is 52.9 Å². The van der Waals surface area contributed by atoms with Crippen LogP contribution in [0.3, 0.4) is 0 Å². The van der Waals surface area contributed by atoms with Crippen molar-refractivity contribution < 1.29 is 83.5 Å². The van der Waals surface area contributed by atoms with Gasteiger partial charge in [0, 0.05) is 37.2 Å². The summed E-state index contributed by atoms with van der Waals surface area (Å²) in [6.45, 7) is 23.8. The number of halogens is 2. The molecule has 0 spiro atoms.